The van der Waals surface area contributed by atoms with Crippen LogP contribution in [0.1, 0.15) is 23.5 Å². The summed E-state index contributed by atoms with van der Waals surface area (Å²) < 4.78 is 11.5. The van der Waals surface area contributed by atoms with Gasteiger partial charge in [0.2, 0.25) is 0 Å². The summed E-state index contributed by atoms with van der Waals surface area (Å²) in [5.74, 6) is 0.834. The summed E-state index contributed by atoms with van der Waals surface area (Å²) in [7, 11) is 1.69. The molecular formula is C21H20ClN3O2S2. The van der Waals surface area contributed by atoms with Crippen molar-refractivity contribution in [2.24, 2.45) is 0 Å². The highest BCUT2D eigenvalue weighted by atomic mass is 35.5. The number of benzene rings is 1. The molecule has 0 radical (unpaired) electrons. The molecular weight excluding hydrogens is 426 g/mol. The average Bonchev–Trinajstić information content (AvgIpc) is 3.32. The fourth-order valence-corrected chi connectivity index (χ4v) is 4.55. The standard InChI is InChI=1S/C21H20ClN3O2S2/c1-26-13-12-25-20(19(24-21(25)28)16-4-2-3-11-23-16)17-9-10-18(27-17)29-15-7-5-14(22)6-8-15/h2-11,19-20H,12-13H2,1H3,(H,24,28). The van der Waals surface area contributed by atoms with E-state index in [-0.39, 0.29) is 12.1 Å². The molecule has 8 heteroatoms. The molecule has 0 saturated carbocycles. The second-order valence-corrected chi connectivity index (χ2v) is 8.43. The molecule has 3 heterocycles. The van der Waals surface area contributed by atoms with Crippen molar-refractivity contribution in [1.29, 1.82) is 0 Å². The van der Waals surface area contributed by atoms with Gasteiger partial charge in [-0.15, -0.1) is 0 Å². The number of aromatic nitrogens is 1. The zero-order valence-electron chi connectivity index (χ0n) is 15.7. The first-order valence-electron chi connectivity index (χ1n) is 9.16. The Kier molecular flexibility index (Phi) is 6.40. The summed E-state index contributed by atoms with van der Waals surface area (Å²) in [6.45, 7) is 1.23. The maximum absolute atomic E-state index is 6.23. The SMILES string of the molecule is COCCN1C(=S)NC(c2ccccn2)C1c1ccc(Sc2ccc(Cl)cc2)o1. The third-order valence-electron chi connectivity index (χ3n) is 4.66. The van der Waals surface area contributed by atoms with Crippen LogP contribution in [-0.4, -0.2) is 35.3 Å². The maximum atomic E-state index is 6.23. The second kappa shape index (κ2) is 9.17. The number of pyridine rings is 1. The van der Waals surface area contributed by atoms with Crippen LogP contribution in [-0.2, 0) is 4.74 Å². The predicted octanol–water partition coefficient (Wildman–Crippen LogP) is 5.10. The van der Waals surface area contributed by atoms with Crippen molar-refractivity contribution in [3.05, 3.63) is 77.3 Å². The Bertz CT molecular complexity index is 966. The van der Waals surface area contributed by atoms with E-state index in [1.807, 2.05) is 54.6 Å². The number of nitrogens with one attached hydrogen (secondary N) is 1. The fourth-order valence-electron chi connectivity index (χ4n) is 3.31. The van der Waals surface area contributed by atoms with E-state index in [9.17, 15) is 0 Å². The number of rotatable bonds is 7. The Labute approximate surface area is 184 Å². The van der Waals surface area contributed by atoms with Gasteiger partial charge in [0, 0.05) is 29.8 Å². The summed E-state index contributed by atoms with van der Waals surface area (Å²) in [5.41, 5.74) is 0.920. The highest BCUT2D eigenvalue weighted by Gasteiger charge is 2.41. The Balaban J connectivity index is 1.62. The summed E-state index contributed by atoms with van der Waals surface area (Å²) in [6, 6.07) is 17.4. The van der Waals surface area contributed by atoms with Gasteiger partial charge in [0.25, 0.3) is 0 Å². The van der Waals surface area contributed by atoms with Gasteiger partial charge < -0.3 is 19.4 Å². The lowest BCUT2D eigenvalue weighted by Crippen LogP contribution is -2.32. The van der Waals surface area contributed by atoms with Crippen molar-refractivity contribution in [2.45, 2.75) is 22.1 Å². The summed E-state index contributed by atoms with van der Waals surface area (Å²) >= 11 is 13.1. The van der Waals surface area contributed by atoms with Gasteiger partial charge in [-0.1, -0.05) is 29.4 Å². The van der Waals surface area contributed by atoms with Crippen LogP contribution >= 0.6 is 35.6 Å². The van der Waals surface area contributed by atoms with Crippen LogP contribution in [0.5, 0.6) is 0 Å². The monoisotopic (exact) mass is 445 g/mol. The van der Waals surface area contributed by atoms with Gasteiger partial charge in [-0.3, -0.25) is 4.98 Å². The fraction of sp³-hybridized carbons (Fsp3) is 0.238. The predicted molar refractivity (Wildman–Crippen MR) is 118 cm³/mol. The summed E-state index contributed by atoms with van der Waals surface area (Å²) in [6.07, 6.45) is 1.79. The third-order valence-corrected chi connectivity index (χ3v) is 6.19. The molecule has 0 bridgehead atoms. The third kappa shape index (κ3) is 4.59. The number of furan rings is 1. The van der Waals surface area contributed by atoms with Crippen LogP contribution in [0.25, 0.3) is 0 Å². The molecule has 1 N–H and O–H groups in total. The van der Waals surface area contributed by atoms with E-state index in [4.69, 9.17) is 33.0 Å². The number of hydrogen-bond acceptors (Lipinski definition) is 5. The molecule has 2 aromatic heterocycles. The number of ether oxygens (including phenoxy) is 1. The molecule has 2 unspecified atom stereocenters. The molecule has 1 aliphatic rings. The highest BCUT2D eigenvalue weighted by molar-refractivity contribution is 7.99. The van der Waals surface area contributed by atoms with E-state index in [0.717, 1.165) is 21.4 Å². The van der Waals surface area contributed by atoms with Gasteiger partial charge in [-0.05, 0) is 60.7 Å². The molecule has 1 saturated heterocycles. The van der Waals surface area contributed by atoms with Crippen molar-refractivity contribution in [2.75, 3.05) is 20.3 Å². The normalized spacial score (nSPS) is 18.8. The largest absolute Gasteiger partial charge is 0.452 e. The zero-order valence-corrected chi connectivity index (χ0v) is 18.1. The molecule has 3 aromatic rings. The van der Waals surface area contributed by atoms with Gasteiger partial charge in [0.15, 0.2) is 10.2 Å². The molecule has 4 rings (SSSR count). The maximum Gasteiger partial charge on any atom is 0.170 e. The molecule has 0 amide bonds. The zero-order chi connectivity index (χ0) is 20.2. The van der Waals surface area contributed by atoms with E-state index in [0.29, 0.717) is 23.3 Å². The first-order valence-corrected chi connectivity index (χ1v) is 10.8. The minimum Gasteiger partial charge on any atom is -0.452 e. The molecule has 1 fully saturated rings. The highest BCUT2D eigenvalue weighted by Crippen LogP contribution is 2.41. The van der Waals surface area contributed by atoms with Crippen molar-refractivity contribution >= 4 is 40.7 Å². The average molecular weight is 446 g/mol. The van der Waals surface area contributed by atoms with Crippen molar-refractivity contribution in [3.63, 3.8) is 0 Å². The van der Waals surface area contributed by atoms with Crippen molar-refractivity contribution in [3.8, 4) is 0 Å². The second-order valence-electron chi connectivity index (χ2n) is 6.53. The minimum atomic E-state index is -0.105. The van der Waals surface area contributed by atoms with Gasteiger partial charge in [-0.25, -0.2) is 0 Å². The van der Waals surface area contributed by atoms with Crippen LogP contribution in [0.15, 0.2) is 75.2 Å². The van der Waals surface area contributed by atoms with E-state index in [1.165, 1.54) is 0 Å². The molecule has 1 aliphatic heterocycles. The molecule has 150 valence electrons. The molecule has 0 spiro atoms. The number of hydrogen-bond donors (Lipinski definition) is 1. The number of thiocarbonyl (C=S) groups is 1. The van der Waals surface area contributed by atoms with Crippen LogP contribution in [0, 0.1) is 0 Å². The van der Waals surface area contributed by atoms with Crippen LogP contribution in [0.2, 0.25) is 5.02 Å². The van der Waals surface area contributed by atoms with Crippen LogP contribution in [0.3, 0.4) is 0 Å². The van der Waals surface area contributed by atoms with E-state index < -0.39 is 0 Å². The summed E-state index contributed by atoms with van der Waals surface area (Å²) in [5, 5.41) is 5.60. The van der Waals surface area contributed by atoms with Crippen molar-refractivity contribution < 1.29 is 9.15 Å². The summed E-state index contributed by atoms with van der Waals surface area (Å²) in [4.78, 5) is 7.70. The van der Waals surface area contributed by atoms with Crippen LogP contribution < -0.4 is 5.32 Å². The smallest absolute Gasteiger partial charge is 0.170 e. The van der Waals surface area contributed by atoms with Crippen molar-refractivity contribution in [1.82, 2.24) is 15.2 Å². The Hall–Kier alpha value is -2.06. The minimum absolute atomic E-state index is 0.0971. The van der Waals surface area contributed by atoms with Crippen LogP contribution in [0.4, 0.5) is 0 Å². The number of methoxy groups -OCH3 is 1. The van der Waals surface area contributed by atoms with E-state index in [1.54, 1.807) is 25.1 Å². The lowest BCUT2D eigenvalue weighted by molar-refractivity contribution is 0.156. The van der Waals surface area contributed by atoms with Gasteiger partial charge in [0.1, 0.15) is 11.8 Å². The van der Waals surface area contributed by atoms with E-state index >= 15 is 0 Å². The molecule has 1 aromatic carbocycles. The molecule has 2 atom stereocenters. The number of nitrogens with zero attached hydrogens (tertiary/aromatic N) is 2. The lowest BCUT2D eigenvalue weighted by atomic mass is 10.0. The lowest BCUT2D eigenvalue weighted by Gasteiger charge is -2.25. The van der Waals surface area contributed by atoms with Gasteiger partial charge in [0.05, 0.1) is 18.3 Å². The van der Waals surface area contributed by atoms with Gasteiger partial charge in [-0.2, -0.15) is 0 Å². The van der Waals surface area contributed by atoms with Gasteiger partial charge >= 0.3 is 0 Å². The first-order chi connectivity index (χ1) is 14.2. The first kappa shape index (κ1) is 20.2. The topological polar surface area (TPSA) is 50.5 Å². The molecule has 29 heavy (non-hydrogen) atoms. The van der Waals surface area contributed by atoms with E-state index in [2.05, 4.69) is 15.2 Å². The number of halogens is 1. The Morgan fingerprint density at radius 1 is 1.21 bits per heavy atom. The molecule has 0 aliphatic carbocycles. The Morgan fingerprint density at radius 3 is 2.76 bits per heavy atom. The quantitative estimate of drug-likeness (QED) is 0.508. The molecule has 5 nitrogen and oxygen atoms in total. The Morgan fingerprint density at radius 2 is 2.03 bits per heavy atom.